The molecule has 1 amide bonds. The predicted molar refractivity (Wildman–Crippen MR) is 80.2 cm³/mol. The van der Waals surface area contributed by atoms with Crippen molar-refractivity contribution >= 4 is 5.91 Å². The van der Waals surface area contributed by atoms with Crippen molar-refractivity contribution in [2.24, 2.45) is 0 Å². The van der Waals surface area contributed by atoms with Gasteiger partial charge in [0.15, 0.2) is 0 Å². The third kappa shape index (κ3) is 6.66. The number of benzene rings is 1. The highest BCUT2D eigenvalue weighted by atomic mass is 19.1. The Hall–Kier alpha value is -1.42. The first-order chi connectivity index (χ1) is 9.28. The van der Waals surface area contributed by atoms with Crippen molar-refractivity contribution in [3.8, 4) is 0 Å². The summed E-state index contributed by atoms with van der Waals surface area (Å²) in [6.45, 7) is 9.35. The molecule has 3 nitrogen and oxygen atoms in total. The minimum Gasteiger partial charge on any atom is -0.356 e. The smallest absolute Gasteiger partial charge is 0.221 e. The molecule has 0 saturated carbocycles. The van der Waals surface area contributed by atoms with E-state index < -0.39 is 0 Å². The van der Waals surface area contributed by atoms with Crippen LogP contribution in [0.1, 0.15) is 38.3 Å². The second kappa shape index (κ2) is 7.39. The summed E-state index contributed by atoms with van der Waals surface area (Å²) < 4.78 is 13.0. The molecule has 0 heterocycles. The molecule has 0 aliphatic rings. The average molecular weight is 280 g/mol. The minimum atomic E-state index is -0.219. The Bertz CT molecular complexity index is 452. The van der Waals surface area contributed by atoms with Crippen molar-refractivity contribution in [2.75, 3.05) is 13.1 Å². The largest absolute Gasteiger partial charge is 0.356 e. The lowest BCUT2D eigenvalue weighted by Crippen LogP contribution is -2.38. The van der Waals surface area contributed by atoms with Crippen molar-refractivity contribution in [1.29, 1.82) is 0 Å². The minimum absolute atomic E-state index is 0.0332. The quantitative estimate of drug-likeness (QED) is 0.841. The van der Waals surface area contributed by atoms with E-state index >= 15 is 0 Å². The van der Waals surface area contributed by atoms with Crippen molar-refractivity contribution in [1.82, 2.24) is 10.6 Å². The molecule has 0 fully saturated rings. The lowest BCUT2D eigenvalue weighted by atomic mass is 10.1. The van der Waals surface area contributed by atoms with Gasteiger partial charge in [-0.1, -0.05) is 6.07 Å². The van der Waals surface area contributed by atoms with E-state index in [1.54, 1.807) is 6.07 Å². The number of nitrogens with one attached hydrogen (secondary N) is 2. The molecular formula is C16H25FN2O. The van der Waals surface area contributed by atoms with Gasteiger partial charge in [-0.05, 0) is 57.4 Å². The molecule has 1 aromatic carbocycles. The molecule has 0 spiro atoms. The van der Waals surface area contributed by atoms with Gasteiger partial charge in [0.2, 0.25) is 5.91 Å². The first-order valence-electron chi connectivity index (χ1n) is 7.05. The molecule has 0 atom stereocenters. The summed E-state index contributed by atoms with van der Waals surface area (Å²) in [5.74, 6) is -0.176. The first kappa shape index (κ1) is 16.6. The Labute approximate surface area is 121 Å². The summed E-state index contributed by atoms with van der Waals surface area (Å²) in [6.07, 6.45) is 1.20. The summed E-state index contributed by atoms with van der Waals surface area (Å²) in [6, 6.07) is 4.75. The van der Waals surface area contributed by atoms with Crippen LogP contribution in [0.5, 0.6) is 0 Å². The third-order valence-corrected chi connectivity index (χ3v) is 3.03. The van der Waals surface area contributed by atoms with Gasteiger partial charge in [0.25, 0.3) is 0 Å². The van der Waals surface area contributed by atoms with Gasteiger partial charge in [-0.15, -0.1) is 0 Å². The number of hydrogen-bond donors (Lipinski definition) is 2. The second-order valence-electron chi connectivity index (χ2n) is 6.10. The van der Waals surface area contributed by atoms with Crippen LogP contribution in [0, 0.1) is 12.7 Å². The molecule has 112 valence electrons. The van der Waals surface area contributed by atoms with Gasteiger partial charge >= 0.3 is 0 Å². The van der Waals surface area contributed by atoms with Crippen LogP contribution in [-0.4, -0.2) is 24.5 Å². The summed E-state index contributed by atoms with van der Waals surface area (Å²) in [5, 5.41) is 6.16. The summed E-state index contributed by atoms with van der Waals surface area (Å²) in [7, 11) is 0. The SMILES string of the molecule is Cc1cc(F)ccc1CCNC(=O)CCNC(C)(C)C. The second-order valence-corrected chi connectivity index (χ2v) is 6.10. The molecule has 0 aliphatic heterocycles. The van der Waals surface area contributed by atoms with Gasteiger partial charge in [-0.3, -0.25) is 4.79 Å². The van der Waals surface area contributed by atoms with E-state index in [0.717, 1.165) is 17.5 Å². The molecule has 4 heteroatoms. The molecule has 0 radical (unpaired) electrons. The van der Waals surface area contributed by atoms with Crippen LogP contribution >= 0.6 is 0 Å². The molecule has 0 saturated heterocycles. The van der Waals surface area contributed by atoms with E-state index in [0.29, 0.717) is 19.5 Å². The van der Waals surface area contributed by atoms with Gasteiger partial charge in [-0.25, -0.2) is 4.39 Å². The predicted octanol–water partition coefficient (Wildman–Crippen LogP) is 2.57. The van der Waals surface area contributed by atoms with Crippen molar-refractivity contribution in [3.63, 3.8) is 0 Å². The summed E-state index contributed by atoms with van der Waals surface area (Å²) in [4.78, 5) is 11.6. The number of aryl methyl sites for hydroxylation is 1. The lowest BCUT2D eigenvalue weighted by Gasteiger charge is -2.20. The highest BCUT2D eigenvalue weighted by molar-refractivity contribution is 5.76. The fourth-order valence-electron chi connectivity index (χ4n) is 1.92. The number of carbonyl (C=O) groups is 1. The molecule has 0 aliphatic carbocycles. The van der Waals surface area contributed by atoms with Crippen LogP contribution in [0.3, 0.4) is 0 Å². The van der Waals surface area contributed by atoms with E-state index in [2.05, 4.69) is 31.4 Å². The van der Waals surface area contributed by atoms with E-state index in [9.17, 15) is 9.18 Å². The highest BCUT2D eigenvalue weighted by Crippen LogP contribution is 2.10. The zero-order chi connectivity index (χ0) is 15.2. The van der Waals surface area contributed by atoms with Crippen LogP contribution in [-0.2, 0) is 11.2 Å². The molecule has 0 aromatic heterocycles. The van der Waals surface area contributed by atoms with Crippen LogP contribution in [0.4, 0.5) is 4.39 Å². The Kier molecular flexibility index (Phi) is 6.14. The van der Waals surface area contributed by atoms with Gasteiger partial charge in [0, 0.05) is 25.0 Å². The maximum atomic E-state index is 13.0. The molecule has 0 bridgehead atoms. The van der Waals surface area contributed by atoms with Crippen LogP contribution < -0.4 is 10.6 Å². The summed E-state index contributed by atoms with van der Waals surface area (Å²) >= 11 is 0. The number of carbonyl (C=O) groups excluding carboxylic acids is 1. The first-order valence-corrected chi connectivity index (χ1v) is 7.05. The van der Waals surface area contributed by atoms with Crippen LogP contribution in [0.15, 0.2) is 18.2 Å². The highest BCUT2D eigenvalue weighted by Gasteiger charge is 2.09. The zero-order valence-electron chi connectivity index (χ0n) is 12.8. The molecule has 0 unspecified atom stereocenters. The van der Waals surface area contributed by atoms with Gasteiger partial charge < -0.3 is 10.6 Å². The van der Waals surface area contributed by atoms with Gasteiger partial charge in [0.1, 0.15) is 5.82 Å². The topological polar surface area (TPSA) is 41.1 Å². The maximum absolute atomic E-state index is 13.0. The Morgan fingerprint density at radius 3 is 2.55 bits per heavy atom. The molecular weight excluding hydrogens is 255 g/mol. The fourth-order valence-corrected chi connectivity index (χ4v) is 1.92. The molecule has 20 heavy (non-hydrogen) atoms. The van der Waals surface area contributed by atoms with Crippen molar-refractivity contribution in [3.05, 3.63) is 35.1 Å². The van der Waals surface area contributed by atoms with E-state index in [4.69, 9.17) is 0 Å². The number of halogens is 1. The molecule has 2 N–H and O–H groups in total. The third-order valence-electron chi connectivity index (χ3n) is 3.03. The van der Waals surface area contributed by atoms with E-state index in [1.807, 2.05) is 6.92 Å². The monoisotopic (exact) mass is 280 g/mol. The Morgan fingerprint density at radius 1 is 1.25 bits per heavy atom. The number of rotatable bonds is 6. The van der Waals surface area contributed by atoms with E-state index in [-0.39, 0.29) is 17.3 Å². The Morgan fingerprint density at radius 2 is 1.95 bits per heavy atom. The van der Waals surface area contributed by atoms with Gasteiger partial charge in [0.05, 0.1) is 0 Å². The van der Waals surface area contributed by atoms with E-state index in [1.165, 1.54) is 12.1 Å². The van der Waals surface area contributed by atoms with Gasteiger partial charge in [-0.2, -0.15) is 0 Å². The lowest BCUT2D eigenvalue weighted by molar-refractivity contribution is -0.121. The average Bonchev–Trinajstić information content (AvgIpc) is 2.30. The number of hydrogen-bond acceptors (Lipinski definition) is 2. The molecule has 1 aromatic rings. The standard InChI is InChI=1S/C16H25FN2O/c1-12-11-14(17)6-5-13(12)7-9-18-15(20)8-10-19-16(2,3)4/h5-6,11,19H,7-10H2,1-4H3,(H,18,20). The fraction of sp³-hybridized carbons (Fsp3) is 0.562. The van der Waals surface area contributed by atoms with Crippen molar-refractivity contribution in [2.45, 2.75) is 46.1 Å². The van der Waals surface area contributed by atoms with Crippen molar-refractivity contribution < 1.29 is 9.18 Å². The van der Waals surface area contributed by atoms with Crippen LogP contribution in [0.25, 0.3) is 0 Å². The Balaban J connectivity index is 2.25. The zero-order valence-corrected chi connectivity index (χ0v) is 12.8. The summed E-state index contributed by atoms with van der Waals surface area (Å²) in [5.41, 5.74) is 2.03. The number of amides is 1. The molecule has 1 rings (SSSR count). The van der Waals surface area contributed by atoms with Crippen LogP contribution in [0.2, 0.25) is 0 Å². The maximum Gasteiger partial charge on any atom is 0.221 e. The normalized spacial score (nSPS) is 11.4.